The van der Waals surface area contributed by atoms with E-state index in [2.05, 4.69) is 23.7 Å². The van der Waals surface area contributed by atoms with Crippen molar-refractivity contribution in [2.45, 2.75) is 38.3 Å². The number of carbonyl (C=O) groups is 1. The number of amides is 1. The maximum absolute atomic E-state index is 11.6. The number of imidazole rings is 1. The monoisotopic (exact) mass is 284 g/mol. The van der Waals surface area contributed by atoms with Crippen molar-refractivity contribution in [3.05, 3.63) is 29.6 Å². The van der Waals surface area contributed by atoms with Crippen LogP contribution in [0.3, 0.4) is 0 Å². The van der Waals surface area contributed by atoms with Gasteiger partial charge in [-0.3, -0.25) is 9.69 Å². The Balaban J connectivity index is 1.85. The van der Waals surface area contributed by atoms with Crippen molar-refractivity contribution in [2.24, 2.45) is 11.7 Å². The van der Waals surface area contributed by atoms with Crippen LogP contribution < -0.4 is 5.73 Å². The van der Waals surface area contributed by atoms with Crippen LogP contribution in [-0.4, -0.2) is 33.4 Å². The number of hydrogen-bond acceptors (Lipinski definition) is 3. The normalized spacial score (nSPS) is 28.2. The third-order valence-corrected chi connectivity index (χ3v) is 5.10. The first-order valence-corrected chi connectivity index (χ1v) is 7.57. The van der Waals surface area contributed by atoms with Gasteiger partial charge in [0.15, 0.2) is 0 Å². The van der Waals surface area contributed by atoms with Crippen molar-refractivity contribution < 1.29 is 4.79 Å². The first-order chi connectivity index (χ1) is 10.0. The standard InChI is InChI=1S/C16H20N4O/c1-9(2)20-8-10-6-16(20,7-10)15-18-12-5-3-4-11(14(17)21)13(12)19-15/h3-5,9-10H,6-8H2,1-2H3,(H2,17,21)(H,18,19). The molecule has 0 unspecified atom stereocenters. The molecule has 3 heterocycles. The highest BCUT2D eigenvalue weighted by Gasteiger charge is 2.59. The molecule has 1 saturated carbocycles. The molecular formula is C16H20N4O. The summed E-state index contributed by atoms with van der Waals surface area (Å²) >= 11 is 0. The Hall–Kier alpha value is -1.88. The Morgan fingerprint density at radius 3 is 2.90 bits per heavy atom. The summed E-state index contributed by atoms with van der Waals surface area (Å²) in [5.74, 6) is 1.36. The van der Waals surface area contributed by atoms with Gasteiger partial charge in [-0.1, -0.05) is 6.07 Å². The highest BCUT2D eigenvalue weighted by molar-refractivity contribution is 6.04. The van der Waals surface area contributed by atoms with Crippen LogP contribution in [0.25, 0.3) is 11.0 Å². The minimum atomic E-state index is -0.422. The quantitative estimate of drug-likeness (QED) is 0.905. The number of H-pyrrole nitrogens is 1. The Morgan fingerprint density at radius 1 is 1.48 bits per heavy atom. The maximum Gasteiger partial charge on any atom is 0.250 e. The van der Waals surface area contributed by atoms with Gasteiger partial charge in [-0.05, 0) is 44.7 Å². The minimum absolute atomic E-state index is 0.0345. The highest BCUT2D eigenvalue weighted by atomic mass is 16.1. The lowest BCUT2D eigenvalue weighted by Crippen LogP contribution is -2.46. The Kier molecular flexibility index (Phi) is 2.49. The van der Waals surface area contributed by atoms with Gasteiger partial charge in [-0.15, -0.1) is 0 Å². The lowest BCUT2D eigenvalue weighted by molar-refractivity contribution is 0.0722. The topological polar surface area (TPSA) is 75.0 Å². The second kappa shape index (κ2) is 4.07. The molecule has 2 aliphatic heterocycles. The summed E-state index contributed by atoms with van der Waals surface area (Å²) in [6, 6.07) is 6.05. The highest BCUT2D eigenvalue weighted by Crippen LogP contribution is 2.57. The number of nitrogens with one attached hydrogen (secondary N) is 1. The lowest BCUT2D eigenvalue weighted by atomic mass is 9.72. The number of rotatable bonds is 3. The molecule has 1 aromatic heterocycles. The van der Waals surface area contributed by atoms with Crippen LogP contribution in [0, 0.1) is 5.92 Å². The van der Waals surface area contributed by atoms with Crippen LogP contribution in [0.4, 0.5) is 0 Å². The third kappa shape index (κ3) is 1.61. The molecule has 0 spiro atoms. The zero-order valence-electron chi connectivity index (χ0n) is 12.4. The van der Waals surface area contributed by atoms with Gasteiger partial charge in [0.05, 0.1) is 16.6 Å². The van der Waals surface area contributed by atoms with Gasteiger partial charge < -0.3 is 10.7 Å². The third-order valence-electron chi connectivity index (χ3n) is 5.10. The Bertz CT molecular complexity index is 727. The second-order valence-corrected chi connectivity index (χ2v) is 6.70. The summed E-state index contributed by atoms with van der Waals surface area (Å²) in [6.45, 7) is 5.62. The van der Waals surface area contributed by atoms with Crippen LogP contribution in [0.5, 0.6) is 0 Å². The first kappa shape index (κ1) is 12.8. The molecule has 21 heavy (non-hydrogen) atoms. The van der Waals surface area contributed by atoms with E-state index in [0.717, 1.165) is 36.6 Å². The summed E-state index contributed by atoms with van der Waals surface area (Å²) < 4.78 is 0. The van der Waals surface area contributed by atoms with E-state index in [-0.39, 0.29) is 5.54 Å². The number of fused-ring (bicyclic) bond motifs is 2. The first-order valence-electron chi connectivity index (χ1n) is 7.57. The summed E-state index contributed by atoms with van der Waals surface area (Å²) in [6.07, 6.45) is 2.33. The number of hydrogen-bond donors (Lipinski definition) is 2. The summed E-state index contributed by atoms with van der Waals surface area (Å²) in [7, 11) is 0. The van der Waals surface area contributed by atoms with Crippen LogP contribution >= 0.6 is 0 Å². The zero-order valence-corrected chi connectivity index (χ0v) is 12.4. The van der Waals surface area contributed by atoms with E-state index < -0.39 is 5.91 Å². The minimum Gasteiger partial charge on any atom is -0.366 e. The molecule has 5 nitrogen and oxygen atoms in total. The average Bonchev–Trinajstić information content (AvgIpc) is 3.07. The largest absolute Gasteiger partial charge is 0.366 e. The van der Waals surface area contributed by atoms with Crippen molar-refractivity contribution in [1.29, 1.82) is 0 Å². The maximum atomic E-state index is 11.6. The molecule has 2 aromatic rings. The lowest BCUT2D eigenvalue weighted by Gasteiger charge is -2.42. The van der Waals surface area contributed by atoms with Crippen molar-refractivity contribution >= 4 is 16.9 Å². The predicted molar refractivity (Wildman–Crippen MR) is 80.9 cm³/mol. The SMILES string of the molecule is CC(C)N1CC2CC1(c1nc3c(C(N)=O)cccc3[nH]1)C2. The van der Waals surface area contributed by atoms with E-state index in [4.69, 9.17) is 10.7 Å². The van der Waals surface area contributed by atoms with Crippen molar-refractivity contribution in [2.75, 3.05) is 6.54 Å². The number of primary amides is 1. The number of nitrogens with two attached hydrogens (primary N) is 1. The van der Waals surface area contributed by atoms with E-state index >= 15 is 0 Å². The zero-order chi connectivity index (χ0) is 14.8. The number of benzene rings is 1. The van der Waals surface area contributed by atoms with Crippen LogP contribution in [0.1, 0.15) is 42.9 Å². The summed E-state index contributed by atoms with van der Waals surface area (Å²) in [5.41, 5.74) is 7.59. The van der Waals surface area contributed by atoms with Crippen LogP contribution in [0.2, 0.25) is 0 Å². The fraction of sp³-hybridized carbons (Fsp3) is 0.500. The Morgan fingerprint density at radius 2 is 2.24 bits per heavy atom. The van der Waals surface area contributed by atoms with Gasteiger partial charge in [0.1, 0.15) is 11.3 Å². The van der Waals surface area contributed by atoms with Gasteiger partial charge in [-0.25, -0.2) is 4.98 Å². The molecule has 110 valence electrons. The van der Waals surface area contributed by atoms with E-state index in [1.807, 2.05) is 12.1 Å². The van der Waals surface area contributed by atoms with Crippen LogP contribution in [-0.2, 0) is 5.54 Å². The molecule has 1 aromatic carbocycles. The van der Waals surface area contributed by atoms with E-state index in [0.29, 0.717) is 17.1 Å². The van der Waals surface area contributed by atoms with Gasteiger partial charge >= 0.3 is 0 Å². The molecule has 2 bridgehead atoms. The van der Waals surface area contributed by atoms with Crippen molar-refractivity contribution in [3.8, 4) is 0 Å². The summed E-state index contributed by atoms with van der Waals surface area (Å²) in [5, 5.41) is 0. The molecule has 3 aliphatic rings. The van der Waals surface area contributed by atoms with Gasteiger partial charge in [-0.2, -0.15) is 0 Å². The van der Waals surface area contributed by atoms with Crippen molar-refractivity contribution in [1.82, 2.24) is 14.9 Å². The number of nitrogens with zero attached hydrogens (tertiary/aromatic N) is 2. The molecule has 0 atom stereocenters. The van der Waals surface area contributed by atoms with E-state index in [9.17, 15) is 4.79 Å². The number of carbonyl (C=O) groups excluding carboxylic acids is 1. The van der Waals surface area contributed by atoms with Crippen molar-refractivity contribution in [3.63, 3.8) is 0 Å². The van der Waals surface area contributed by atoms with E-state index in [1.165, 1.54) is 0 Å². The smallest absolute Gasteiger partial charge is 0.250 e. The molecule has 2 saturated heterocycles. The fourth-order valence-corrected chi connectivity index (χ4v) is 4.20. The molecule has 5 rings (SSSR count). The van der Waals surface area contributed by atoms with Gasteiger partial charge in [0.25, 0.3) is 5.91 Å². The van der Waals surface area contributed by atoms with E-state index in [1.54, 1.807) is 6.07 Å². The predicted octanol–water partition coefficient (Wildman–Crippen LogP) is 1.99. The summed E-state index contributed by atoms with van der Waals surface area (Å²) in [4.78, 5) is 22.3. The second-order valence-electron chi connectivity index (χ2n) is 6.70. The molecule has 3 fully saturated rings. The number of para-hydroxylation sites is 1. The average molecular weight is 284 g/mol. The molecule has 1 aliphatic carbocycles. The molecule has 5 heteroatoms. The molecule has 3 N–H and O–H groups in total. The molecule has 1 amide bonds. The van der Waals surface area contributed by atoms with Gasteiger partial charge in [0, 0.05) is 12.6 Å². The number of aromatic nitrogens is 2. The Labute approximate surface area is 123 Å². The molecule has 0 radical (unpaired) electrons. The fourth-order valence-electron chi connectivity index (χ4n) is 4.20. The van der Waals surface area contributed by atoms with Gasteiger partial charge in [0.2, 0.25) is 0 Å². The number of aromatic amines is 1. The van der Waals surface area contributed by atoms with Crippen LogP contribution in [0.15, 0.2) is 18.2 Å². The molecular weight excluding hydrogens is 264 g/mol.